The van der Waals surface area contributed by atoms with Crippen molar-refractivity contribution in [2.24, 2.45) is 15.4 Å². The third-order valence-electron chi connectivity index (χ3n) is 1.26. The minimum atomic E-state index is -0.0443. The molecule has 0 N–H and O–H groups in total. The van der Waals surface area contributed by atoms with Crippen LogP contribution >= 0.6 is 11.6 Å². The van der Waals surface area contributed by atoms with Crippen molar-refractivity contribution >= 4 is 23.5 Å². The fourth-order valence-electron chi connectivity index (χ4n) is 0.643. The fraction of sp³-hybridized carbons (Fsp3) is 0.556. The number of allylic oxidation sites excluding steroid dienone is 1. The maximum atomic E-state index is 5.66. The minimum absolute atomic E-state index is 0.0443. The number of rotatable bonds is 2. The van der Waals surface area contributed by atoms with Gasteiger partial charge >= 0.3 is 0 Å². The zero-order chi connectivity index (χ0) is 9.78. The van der Waals surface area contributed by atoms with Crippen LogP contribution < -0.4 is 0 Å². The molecule has 0 amide bonds. The van der Waals surface area contributed by atoms with Gasteiger partial charge in [-0.3, -0.25) is 4.99 Å². The minimum Gasteiger partial charge on any atom is -0.271 e. The average Bonchev–Trinajstić information content (AvgIpc) is 1.83. The zero-order valence-electron chi connectivity index (χ0n) is 8.06. The Morgan fingerprint density at radius 3 is 2.17 bits per heavy atom. The van der Waals surface area contributed by atoms with Gasteiger partial charge in [0.05, 0.1) is 5.70 Å². The van der Waals surface area contributed by atoms with Gasteiger partial charge in [0.1, 0.15) is 5.17 Å². The molecule has 0 bridgehead atoms. The lowest BCUT2D eigenvalue weighted by Gasteiger charge is -2.18. The second-order valence-corrected chi connectivity index (χ2v) is 4.10. The van der Waals surface area contributed by atoms with E-state index in [2.05, 4.69) is 16.7 Å². The van der Waals surface area contributed by atoms with Gasteiger partial charge in [0.25, 0.3) is 0 Å². The molecular formula is C9H15ClN2. The first kappa shape index (κ1) is 11.4. The first-order chi connectivity index (χ1) is 5.38. The highest BCUT2D eigenvalue weighted by Crippen LogP contribution is 2.26. The standard InChI is InChI=1S/C9H15ClN2/c1-7(10)12-8(6-11-5)9(2,3)4/h6H,5H2,1-4H3/b8-6-,12-7+. The van der Waals surface area contributed by atoms with Gasteiger partial charge in [0.15, 0.2) is 0 Å². The molecule has 0 aliphatic carbocycles. The molecule has 0 saturated heterocycles. The fourth-order valence-corrected chi connectivity index (χ4v) is 0.734. The van der Waals surface area contributed by atoms with E-state index in [1.165, 1.54) is 0 Å². The molecule has 3 heteroatoms. The van der Waals surface area contributed by atoms with E-state index in [9.17, 15) is 0 Å². The normalized spacial score (nSPS) is 14.8. The van der Waals surface area contributed by atoms with Crippen molar-refractivity contribution < 1.29 is 0 Å². The van der Waals surface area contributed by atoms with Crippen LogP contribution in [0.2, 0.25) is 0 Å². The van der Waals surface area contributed by atoms with E-state index in [1.54, 1.807) is 13.1 Å². The topological polar surface area (TPSA) is 24.7 Å². The van der Waals surface area contributed by atoms with Crippen molar-refractivity contribution in [2.75, 3.05) is 0 Å². The summed E-state index contributed by atoms with van der Waals surface area (Å²) in [5.74, 6) is 0. The summed E-state index contributed by atoms with van der Waals surface area (Å²) in [5.41, 5.74) is 0.794. The van der Waals surface area contributed by atoms with E-state index in [-0.39, 0.29) is 5.41 Å². The summed E-state index contributed by atoms with van der Waals surface area (Å²) < 4.78 is 0. The Morgan fingerprint density at radius 2 is 1.92 bits per heavy atom. The van der Waals surface area contributed by atoms with Crippen LogP contribution in [0, 0.1) is 5.41 Å². The van der Waals surface area contributed by atoms with E-state index in [0.717, 1.165) is 5.70 Å². The van der Waals surface area contributed by atoms with E-state index >= 15 is 0 Å². The van der Waals surface area contributed by atoms with Gasteiger partial charge in [0.2, 0.25) is 0 Å². The molecule has 2 nitrogen and oxygen atoms in total. The maximum Gasteiger partial charge on any atom is 0.103 e. The Balaban J connectivity index is 4.82. The number of nitrogens with zero attached hydrogens (tertiary/aromatic N) is 2. The number of aliphatic imine (C=N–C) groups is 2. The molecule has 0 aliphatic heterocycles. The lowest BCUT2D eigenvalue weighted by Crippen LogP contribution is -2.08. The van der Waals surface area contributed by atoms with Crippen molar-refractivity contribution in [1.82, 2.24) is 0 Å². The molecule has 0 unspecified atom stereocenters. The van der Waals surface area contributed by atoms with Crippen molar-refractivity contribution in [3.8, 4) is 0 Å². The van der Waals surface area contributed by atoms with Crippen LogP contribution in [0.5, 0.6) is 0 Å². The average molecular weight is 187 g/mol. The summed E-state index contributed by atoms with van der Waals surface area (Å²) in [6.45, 7) is 11.3. The van der Waals surface area contributed by atoms with Gasteiger partial charge in [-0.25, -0.2) is 4.99 Å². The molecule has 0 aromatic carbocycles. The third kappa shape index (κ3) is 4.29. The molecular weight excluding hydrogens is 172 g/mol. The number of hydrogen-bond acceptors (Lipinski definition) is 2. The molecule has 0 atom stereocenters. The summed E-state index contributed by atoms with van der Waals surface area (Å²) in [5, 5.41) is 0.514. The Morgan fingerprint density at radius 1 is 1.42 bits per heavy atom. The van der Waals surface area contributed by atoms with E-state index in [1.807, 2.05) is 20.8 Å². The van der Waals surface area contributed by atoms with Gasteiger partial charge < -0.3 is 0 Å². The molecule has 0 heterocycles. The lowest BCUT2D eigenvalue weighted by atomic mass is 9.93. The molecule has 0 saturated carbocycles. The molecule has 0 aliphatic rings. The van der Waals surface area contributed by atoms with Gasteiger partial charge in [-0.1, -0.05) is 32.4 Å². The highest BCUT2D eigenvalue weighted by atomic mass is 35.5. The smallest absolute Gasteiger partial charge is 0.103 e. The summed E-state index contributed by atoms with van der Waals surface area (Å²) in [6, 6.07) is 0. The predicted octanol–water partition coefficient (Wildman–Crippen LogP) is 3.23. The summed E-state index contributed by atoms with van der Waals surface area (Å²) in [6.07, 6.45) is 1.63. The first-order valence-corrected chi connectivity index (χ1v) is 4.13. The largest absolute Gasteiger partial charge is 0.271 e. The number of hydrogen-bond donors (Lipinski definition) is 0. The Hall–Kier alpha value is -0.630. The van der Waals surface area contributed by atoms with Crippen molar-refractivity contribution in [2.45, 2.75) is 27.7 Å². The summed E-state index contributed by atoms with van der Waals surface area (Å²) in [4.78, 5) is 7.83. The molecule has 0 rings (SSSR count). The monoisotopic (exact) mass is 186 g/mol. The molecule has 0 aromatic rings. The van der Waals surface area contributed by atoms with Gasteiger partial charge in [-0.15, -0.1) is 0 Å². The SMILES string of the molecule is C=N/C=C(\N=C(/C)Cl)C(C)(C)C. The summed E-state index contributed by atoms with van der Waals surface area (Å²) in [7, 11) is 0. The third-order valence-corrected chi connectivity index (χ3v) is 1.34. The van der Waals surface area contributed by atoms with Gasteiger partial charge in [-0.05, 0) is 13.6 Å². The first-order valence-electron chi connectivity index (χ1n) is 3.75. The molecule has 0 spiro atoms. The van der Waals surface area contributed by atoms with Crippen LogP contribution in [0.15, 0.2) is 21.9 Å². The van der Waals surface area contributed by atoms with Crippen LogP contribution in [0.3, 0.4) is 0 Å². The molecule has 68 valence electrons. The maximum absolute atomic E-state index is 5.66. The summed E-state index contributed by atoms with van der Waals surface area (Å²) >= 11 is 5.66. The molecule has 0 aromatic heterocycles. The quantitative estimate of drug-likeness (QED) is 0.592. The second-order valence-electron chi connectivity index (χ2n) is 3.56. The Labute approximate surface area is 79.1 Å². The zero-order valence-corrected chi connectivity index (χ0v) is 8.81. The van der Waals surface area contributed by atoms with E-state index < -0.39 is 0 Å². The highest BCUT2D eigenvalue weighted by molar-refractivity contribution is 6.64. The predicted molar refractivity (Wildman–Crippen MR) is 56.0 cm³/mol. The van der Waals surface area contributed by atoms with E-state index in [4.69, 9.17) is 11.6 Å². The van der Waals surface area contributed by atoms with Crippen LogP contribution in [-0.4, -0.2) is 11.9 Å². The van der Waals surface area contributed by atoms with Gasteiger partial charge in [0, 0.05) is 11.6 Å². The Kier molecular flexibility index (Phi) is 4.18. The highest BCUT2D eigenvalue weighted by Gasteiger charge is 2.16. The van der Waals surface area contributed by atoms with E-state index in [0.29, 0.717) is 5.17 Å². The van der Waals surface area contributed by atoms with Crippen molar-refractivity contribution in [3.63, 3.8) is 0 Å². The van der Waals surface area contributed by atoms with Crippen LogP contribution in [0.1, 0.15) is 27.7 Å². The van der Waals surface area contributed by atoms with Crippen molar-refractivity contribution in [1.29, 1.82) is 0 Å². The van der Waals surface area contributed by atoms with Gasteiger partial charge in [-0.2, -0.15) is 0 Å². The molecule has 0 radical (unpaired) electrons. The Bertz CT molecular complexity index is 217. The van der Waals surface area contributed by atoms with Crippen LogP contribution in [0.4, 0.5) is 0 Å². The van der Waals surface area contributed by atoms with Crippen LogP contribution in [0.25, 0.3) is 0 Å². The lowest BCUT2D eigenvalue weighted by molar-refractivity contribution is 0.497. The van der Waals surface area contributed by atoms with Crippen molar-refractivity contribution in [3.05, 3.63) is 11.9 Å². The van der Waals surface area contributed by atoms with Crippen LogP contribution in [-0.2, 0) is 0 Å². The molecule has 0 fully saturated rings. The number of halogens is 1. The molecule has 12 heavy (non-hydrogen) atoms. The second kappa shape index (κ2) is 4.41.